The number of carbonyl (C=O) groups excluding carboxylic acids is 1. The fraction of sp³-hybridized carbons (Fsp3) is 0.571. The zero-order chi connectivity index (χ0) is 13.8. The largest absolute Gasteiger partial charge is 0.383 e. The number of rotatable bonds is 3. The second kappa shape index (κ2) is 5.99. The summed E-state index contributed by atoms with van der Waals surface area (Å²) < 4.78 is 13.1. The molecule has 0 saturated heterocycles. The van der Waals surface area contributed by atoms with Crippen molar-refractivity contribution in [3.05, 3.63) is 23.6 Å². The van der Waals surface area contributed by atoms with Gasteiger partial charge in [0.2, 0.25) is 0 Å². The van der Waals surface area contributed by atoms with Crippen LogP contribution in [0.4, 0.5) is 10.2 Å². The summed E-state index contributed by atoms with van der Waals surface area (Å²) in [5, 5.41) is 2.98. The Morgan fingerprint density at radius 3 is 3.00 bits per heavy atom. The van der Waals surface area contributed by atoms with Gasteiger partial charge in [-0.3, -0.25) is 4.79 Å². The van der Waals surface area contributed by atoms with E-state index in [0.717, 1.165) is 37.9 Å². The number of carbonyl (C=O) groups is 1. The Morgan fingerprint density at radius 1 is 1.53 bits per heavy atom. The molecule has 2 atom stereocenters. The third-order valence-electron chi connectivity index (χ3n) is 3.88. The van der Waals surface area contributed by atoms with Crippen LogP contribution in [-0.4, -0.2) is 16.9 Å². The second-order valence-corrected chi connectivity index (χ2v) is 5.12. The highest BCUT2D eigenvalue weighted by atomic mass is 19.1. The third-order valence-corrected chi connectivity index (χ3v) is 3.88. The molecule has 5 heteroatoms. The molecule has 1 aliphatic rings. The lowest BCUT2D eigenvalue weighted by atomic mass is 9.83. The monoisotopic (exact) mass is 265 g/mol. The zero-order valence-electron chi connectivity index (χ0n) is 11.2. The molecule has 1 aromatic heterocycles. The van der Waals surface area contributed by atoms with Crippen LogP contribution in [-0.2, 0) is 0 Å². The molecule has 1 aliphatic carbocycles. The molecule has 1 fully saturated rings. The molecule has 1 saturated carbocycles. The van der Waals surface area contributed by atoms with Crippen LogP contribution in [0.3, 0.4) is 0 Å². The highest BCUT2D eigenvalue weighted by Gasteiger charge is 2.26. The number of pyridine rings is 1. The number of hydrogen-bond acceptors (Lipinski definition) is 3. The molecule has 0 bridgehead atoms. The van der Waals surface area contributed by atoms with Crippen LogP contribution in [0.2, 0.25) is 0 Å². The summed E-state index contributed by atoms with van der Waals surface area (Å²) in [5.74, 6) is -0.298. The Hall–Kier alpha value is -1.65. The predicted molar refractivity (Wildman–Crippen MR) is 72.1 cm³/mol. The number of amides is 1. The number of nitrogens with two attached hydrogens (primary N) is 1. The summed E-state index contributed by atoms with van der Waals surface area (Å²) in [6.45, 7) is 2.13. The van der Waals surface area contributed by atoms with E-state index in [1.807, 2.05) is 0 Å². The molecule has 0 aromatic carbocycles. The number of nitrogens with zero attached hydrogens (tertiary/aromatic N) is 1. The van der Waals surface area contributed by atoms with Crippen molar-refractivity contribution in [2.75, 3.05) is 5.73 Å². The van der Waals surface area contributed by atoms with E-state index in [2.05, 4.69) is 17.2 Å². The van der Waals surface area contributed by atoms with Gasteiger partial charge in [-0.2, -0.15) is 0 Å². The van der Waals surface area contributed by atoms with Gasteiger partial charge in [0.25, 0.3) is 5.91 Å². The van der Waals surface area contributed by atoms with Gasteiger partial charge >= 0.3 is 0 Å². The molecule has 4 nitrogen and oxygen atoms in total. The SMILES string of the molecule is CCC1CCCCC1NC(=O)c1cc(F)cnc1N. The average Bonchev–Trinajstić information content (AvgIpc) is 2.42. The topological polar surface area (TPSA) is 68.0 Å². The van der Waals surface area contributed by atoms with Gasteiger partial charge in [-0.05, 0) is 24.8 Å². The number of hydrogen-bond donors (Lipinski definition) is 2. The first-order chi connectivity index (χ1) is 9.11. The van der Waals surface area contributed by atoms with E-state index in [4.69, 9.17) is 5.73 Å². The van der Waals surface area contributed by atoms with Crippen molar-refractivity contribution in [1.82, 2.24) is 10.3 Å². The quantitative estimate of drug-likeness (QED) is 0.882. The minimum Gasteiger partial charge on any atom is -0.383 e. The maximum Gasteiger partial charge on any atom is 0.255 e. The smallest absolute Gasteiger partial charge is 0.255 e. The minimum atomic E-state index is -0.546. The Kier molecular flexibility index (Phi) is 4.35. The lowest BCUT2D eigenvalue weighted by molar-refractivity contribution is 0.0905. The fourth-order valence-electron chi connectivity index (χ4n) is 2.76. The van der Waals surface area contributed by atoms with Gasteiger partial charge < -0.3 is 11.1 Å². The van der Waals surface area contributed by atoms with E-state index < -0.39 is 5.82 Å². The summed E-state index contributed by atoms with van der Waals surface area (Å²) in [6.07, 6.45) is 6.52. The molecule has 0 spiro atoms. The summed E-state index contributed by atoms with van der Waals surface area (Å²) in [6, 6.07) is 1.30. The van der Waals surface area contributed by atoms with E-state index >= 15 is 0 Å². The van der Waals surface area contributed by atoms with Crippen LogP contribution in [0, 0.1) is 11.7 Å². The van der Waals surface area contributed by atoms with Crippen molar-refractivity contribution in [1.29, 1.82) is 0 Å². The van der Waals surface area contributed by atoms with E-state index in [0.29, 0.717) is 5.92 Å². The number of aromatic nitrogens is 1. The summed E-state index contributed by atoms with van der Waals surface area (Å²) in [5.41, 5.74) is 5.75. The summed E-state index contributed by atoms with van der Waals surface area (Å²) in [4.78, 5) is 15.8. The second-order valence-electron chi connectivity index (χ2n) is 5.12. The fourth-order valence-corrected chi connectivity index (χ4v) is 2.76. The number of halogens is 1. The van der Waals surface area contributed by atoms with Crippen molar-refractivity contribution in [3.8, 4) is 0 Å². The summed E-state index contributed by atoms with van der Waals surface area (Å²) in [7, 11) is 0. The van der Waals surface area contributed by atoms with Crippen molar-refractivity contribution in [2.45, 2.75) is 45.1 Å². The molecule has 0 radical (unpaired) electrons. The minimum absolute atomic E-state index is 0.0720. The van der Waals surface area contributed by atoms with Gasteiger partial charge in [-0.15, -0.1) is 0 Å². The van der Waals surface area contributed by atoms with Gasteiger partial charge in [0, 0.05) is 6.04 Å². The molecule has 0 aliphatic heterocycles. The lowest BCUT2D eigenvalue weighted by Gasteiger charge is -2.31. The molecule has 1 heterocycles. The van der Waals surface area contributed by atoms with Crippen molar-refractivity contribution in [3.63, 3.8) is 0 Å². The Bertz CT molecular complexity index is 464. The molecule has 1 aromatic rings. The average molecular weight is 265 g/mol. The van der Waals surface area contributed by atoms with Crippen LogP contribution in [0.1, 0.15) is 49.4 Å². The van der Waals surface area contributed by atoms with Crippen LogP contribution in [0.5, 0.6) is 0 Å². The normalized spacial score (nSPS) is 23.1. The maximum absolute atomic E-state index is 13.1. The molecule has 2 rings (SSSR count). The van der Waals surface area contributed by atoms with E-state index in [9.17, 15) is 9.18 Å². The van der Waals surface area contributed by atoms with Crippen LogP contribution < -0.4 is 11.1 Å². The number of anilines is 1. The standard InChI is InChI=1S/C14H20FN3O/c1-2-9-5-3-4-6-12(9)18-14(19)11-7-10(15)8-17-13(11)16/h7-9,12H,2-6H2,1H3,(H2,16,17)(H,18,19). The molecule has 19 heavy (non-hydrogen) atoms. The third kappa shape index (κ3) is 3.22. The predicted octanol–water partition coefficient (Wildman–Crippen LogP) is 2.50. The van der Waals surface area contributed by atoms with Crippen LogP contribution in [0.15, 0.2) is 12.3 Å². The van der Waals surface area contributed by atoms with Gasteiger partial charge in [-0.1, -0.05) is 26.2 Å². The van der Waals surface area contributed by atoms with Crippen molar-refractivity contribution >= 4 is 11.7 Å². The molecule has 3 N–H and O–H groups in total. The van der Waals surface area contributed by atoms with E-state index in [1.165, 1.54) is 6.42 Å². The van der Waals surface area contributed by atoms with Crippen molar-refractivity contribution in [2.24, 2.45) is 5.92 Å². The highest BCUT2D eigenvalue weighted by Crippen LogP contribution is 2.27. The van der Waals surface area contributed by atoms with Crippen LogP contribution >= 0.6 is 0 Å². The number of nitrogen functional groups attached to an aromatic ring is 1. The molecule has 1 amide bonds. The molecular formula is C14H20FN3O. The van der Waals surface area contributed by atoms with E-state index in [1.54, 1.807) is 0 Å². The Balaban J connectivity index is 2.09. The zero-order valence-corrected chi connectivity index (χ0v) is 11.2. The lowest BCUT2D eigenvalue weighted by Crippen LogP contribution is -2.42. The molecule has 104 valence electrons. The van der Waals surface area contributed by atoms with Crippen molar-refractivity contribution < 1.29 is 9.18 Å². The summed E-state index contributed by atoms with van der Waals surface area (Å²) >= 11 is 0. The Morgan fingerprint density at radius 2 is 2.26 bits per heavy atom. The first kappa shape index (κ1) is 13.8. The first-order valence-electron chi connectivity index (χ1n) is 6.83. The maximum atomic E-state index is 13.1. The van der Waals surface area contributed by atoms with E-state index in [-0.39, 0.29) is 23.3 Å². The first-order valence-corrected chi connectivity index (χ1v) is 6.83. The highest BCUT2D eigenvalue weighted by molar-refractivity contribution is 5.98. The molecule has 2 unspecified atom stereocenters. The van der Waals surface area contributed by atoms with Gasteiger partial charge in [0.15, 0.2) is 0 Å². The number of nitrogens with one attached hydrogen (secondary N) is 1. The molecular weight excluding hydrogens is 245 g/mol. The van der Waals surface area contributed by atoms with Crippen LogP contribution in [0.25, 0.3) is 0 Å². The van der Waals surface area contributed by atoms with Gasteiger partial charge in [0.05, 0.1) is 11.8 Å². The van der Waals surface area contributed by atoms with Gasteiger partial charge in [-0.25, -0.2) is 9.37 Å². The Labute approximate surface area is 112 Å². The van der Waals surface area contributed by atoms with Gasteiger partial charge in [0.1, 0.15) is 11.6 Å².